The first kappa shape index (κ1) is 13.4. The molecule has 17 heavy (non-hydrogen) atoms. The molecule has 2 unspecified atom stereocenters. The van der Waals surface area contributed by atoms with Crippen LogP contribution in [0.15, 0.2) is 0 Å². The summed E-state index contributed by atoms with van der Waals surface area (Å²) in [5.74, 6) is 0.518. The van der Waals surface area contributed by atoms with E-state index in [1.54, 1.807) is 0 Å². The van der Waals surface area contributed by atoms with Gasteiger partial charge < -0.3 is 10.0 Å². The minimum absolute atomic E-state index is 0.0899. The fourth-order valence-electron chi connectivity index (χ4n) is 3.52. The number of aliphatic hydroxyl groups excluding tert-OH is 1. The van der Waals surface area contributed by atoms with Gasteiger partial charge in [-0.15, -0.1) is 0 Å². The van der Waals surface area contributed by atoms with Gasteiger partial charge in [0.05, 0.1) is 6.10 Å². The van der Waals surface area contributed by atoms with Gasteiger partial charge in [0.2, 0.25) is 0 Å². The van der Waals surface area contributed by atoms with Crippen molar-refractivity contribution in [1.82, 2.24) is 4.90 Å². The summed E-state index contributed by atoms with van der Waals surface area (Å²) in [5.41, 5.74) is 0.146. The van der Waals surface area contributed by atoms with E-state index < -0.39 is 0 Å². The van der Waals surface area contributed by atoms with Crippen LogP contribution in [0.5, 0.6) is 0 Å². The Balaban J connectivity index is 1.83. The number of rotatable bonds is 2. The minimum Gasteiger partial charge on any atom is -0.392 e. The molecule has 0 radical (unpaired) electrons. The first-order valence-corrected chi connectivity index (χ1v) is 7.50. The highest BCUT2D eigenvalue weighted by molar-refractivity contribution is 4.92. The number of nitrogens with zero attached hydrogens (tertiary/aromatic N) is 1. The van der Waals surface area contributed by atoms with Gasteiger partial charge in [0, 0.05) is 6.54 Å². The average molecular weight is 239 g/mol. The molecule has 0 bridgehead atoms. The third kappa shape index (κ3) is 3.45. The Morgan fingerprint density at radius 2 is 1.65 bits per heavy atom. The van der Waals surface area contributed by atoms with E-state index >= 15 is 0 Å². The van der Waals surface area contributed by atoms with Gasteiger partial charge >= 0.3 is 0 Å². The van der Waals surface area contributed by atoms with Crippen LogP contribution in [0.4, 0.5) is 0 Å². The van der Waals surface area contributed by atoms with Crippen LogP contribution in [0.1, 0.15) is 58.8 Å². The Labute approximate surface area is 106 Å². The van der Waals surface area contributed by atoms with E-state index in [9.17, 15) is 5.11 Å². The zero-order valence-electron chi connectivity index (χ0n) is 11.6. The fraction of sp³-hybridized carbons (Fsp3) is 1.00. The maximum atomic E-state index is 10.3. The summed E-state index contributed by atoms with van der Waals surface area (Å²) in [6.07, 6.45) is 9.24. The maximum Gasteiger partial charge on any atom is 0.0631 e. The maximum absolute atomic E-state index is 10.3. The van der Waals surface area contributed by atoms with Gasteiger partial charge in [-0.05, 0) is 50.1 Å². The lowest BCUT2D eigenvalue weighted by Gasteiger charge is -2.31. The Morgan fingerprint density at radius 3 is 2.18 bits per heavy atom. The molecule has 100 valence electrons. The Kier molecular flexibility index (Phi) is 4.48. The van der Waals surface area contributed by atoms with Crippen molar-refractivity contribution in [1.29, 1.82) is 0 Å². The van der Waals surface area contributed by atoms with Crippen molar-refractivity contribution in [2.75, 3.05) is 19.6 Å². The first-order valence-electron chi connectivity index (χ1n) is 7.50. The minimum atomic E-state index is -0.0899. The predicted molar refractivity (Wildman–Crippen MR) is 72.0 cm³/mol. The Hall–Kier alpha value is -0.0800. The summed E-state index contributed by atoms with van der Waals surface area (Å²) in [4.78, 5) is 2.61. The van der Waals surface area contributed by atoms with Crippen molar-refractivity contribution in [2.24, 2.45) is 11.3 Å². The van der Waals surface area contributed by atoms with Gasteiger partial charge in [0.25, 0.3) is 0 Å². The molecule has 1 saturated heterocycles. The zero-order valence-corrected chi connectivity index (χ0v) is 11.6. The molecular formula is C15H29NO. The summed E-state index contributed by atoms with van der Waals surface area (Å²) < 4.78 is 0. The van der Waals surface area contributed by atoms with Crippen LogP contribution >= 0.6 is 0 Å². The lowest BCUT2D eigenvalue weighted by atomic mass is 9.87. The number of hydrogen-bond donors (Lipinski definition) is 1. The standard InChI is InChI=1S/C15H29NO/c1-15(2)9-8-13(14(15)17)12-16-10-6-4-3-5-7-11-16/h13-14,17H,3-12H2,1-2H3. The number of aliphatic hydroxyl groups is 1. The van der Waals surface area contributed by atoms with E-state index in [-0.39, 0.29) is 11.5 Å². The predicted octanol–water partition coefficient (Wildman–Crippen LogP) is 3.05. The van der Waals surface area contributed by atoms with Gasteiger partial charge in [0.15, 0.2) is 0 Å². The third-order valence-electron chi connectivity index (χ3n) is 4.85. The second-order valence-electron chi connectivity index (χ2n) is 6.80. The molecule has 2 heteroatoms. The van der Waals surface area contributed by atoms with Crippen molar-refractivity contribution in [2.45, 2.75) is 64.9 Å². The van der Waals surface area contributed by atoms with Crippen molar-refractivity contribution in [3.05, 3.63) is 0 Å². The quantitative estimate of drug-likeness (QED) is 0.800. The smallest absolute Gasteiger partial charge is 0.0631 e. The van der Waals surface area contributed by atoms with E-state index in [0.717, 1.165) is 6.54 Å². The van der Waals surface area contributed by atoms with E-state index in [2.05, 4.69) is 18.7 Å². The van der Waals surface area contributed by atoms with Gasteiger partial charge in [-0.1, -0.05) is 33.1 Å². The molecule has 2 aliphatic rings. The average Bonchev–Trinajstić information content (AvgIpc) is 2.48. The van der Waals surface area contributed by atoms with Crippen LogP contribution in [0.2, 0.25) is 0 Å². The molecule has 2 atom stereocenters. The summed E-state index contributed by atoms with van der Waals surface area (Å²) in [6, 6.07) is 0. The highest BCUT2D eigenvalue weighted by Gasteiger charge is 2.41. The zero-order chi connectivity index (χ0) is 12.3. The molecule has 2 rings (SSSR count). The largest absolute Gasteiger partial charge is 0.392 e. The van der Waals surface area contributed by atoms with E-state index in [4.69, 9.17) is 0 Å². The first-order chi connectivity index (χ1) is 8.09. The molecule has 2 fully saturated rings. The van der Waals surface area contributed by atoms with Crippen LogP contribution in [-0.2, 0) is 0 Å². The SMILES string of the molecule is CC1(C)CCC(CN2CCCCCCC2)C1O. The molecule has 0 aromatic rings. The third-order valence-corrected chi connectivity index (χ3v) is 4.85. The van der Waals surface area contributed by atoms with Gasteiger partial charge in [-0.3, -0.25) is 0 Å². The van der Waals surface area contributed by atoms with Crippen molar-refractivity contribution < 1.29 is 5.11 Å². The summed E-state index contributed by atoms with van der Waals surface area (Å²) in [7, 11) is 0. The molecule has 1 saturated carbocycles. The Morgan fingerprint density at radius 1 is 1.06 bits per heavy atom. The molecule has 0 aromatic carbocycles. The molecule has 2 nitrogen and oxygen atoms in total. The molecule has 1 heterocycles. The summed E-state index contributed by atoms with van der Waals surface area (Å²) >= 11 is 0. The number of likely N-dealkylation sites (tertiary alicyclic amines) is 1. The highest BCUT2D eigenvalue weighted by Crippen LogP contribution is 2.41. The second-order valence-corrected chi connectivity index (χ2v) is 6.80. The second kappa shape index (κ2) is 5.71. The molecular weight excluding hydrogens is 210 g/mol. The molecule has 0 aromatic heterocycles. The lowest BCUT2D eigenvalue weighted by Crippen LogP contribution is -2.38. The fourth-order valence-corrected chi connectivity index (χ4v) is 3.52. The van der Waals surface area contributed by atoms with Crippen LogP contribution in [0.3, 0.4) is 0 Å². The van der Waals surface area contributed by atoms with Crippen LogP contribution < -0.4 is 0 Å². The van der Waals surface area contributed by atoms with Gasteiger partial charge in [-0.25, -0.2) is 0 Å². The summed E-state index contributed by atoms with van der Waals surface area (Å²) in [6.45, 7) is 8.06. The van der Waals surface area contributed by atoms with Gasteiger partial charge in [-0.2, -0.15) is 0 Å². The molecule has 1 aliphatic carbocycles. The van der Waals surface area contributed by atoms with Crippen molar-refractivity contribution in [3.63, 3.8) is 0 Å². The van der Waals surface area contributed by atoms with E-state index in [1.807, 2.05) is 0 Å². The topological polar surface area (TPSA) is 23.5 Å². The molecule has 0 amide bonds. The summed E-state index contributed by atoms with van der Waals surface area (Å²) in [5, 5.41) is 10.3. The van der Waals surface area contributed by atoms with E-state index in [1.165, 1.54) is 58.0 Å². The van der Waals surface area contributed by atoms with Crippen LogP contribution in [0, 0.1) is 11.3 Å². The molecule has 1 N–H and O–H groups in total. The molecule has 1 aliphatic heterocycles. The van der Waals surface area contributed by atoms with Crippen LogP contribution in [-0.4, -0.2) is 35.7 Å². The number of hydrogen-bond acceptors (Lipinski definition) is 2. The van der Waals surface area contributed by atoms with Crippen molar-refractivity contribution in [3.8, 4) is 0 Å². The Bertz CT molecular complexity index is 231. The van der Waals surface area contributed by atoms with E-state index in [0.29, 0.717) is 5.92 Å². The highest BCUT2D eigenvalue weighted by atomic mass is 16.3. The van der Waals surface area contributed by atoms with Gasteiger partial charge in [0.1, 0.15) is 0 Å². The van der Waals surface area contributed by atoms with Crippen LogP contribution in [0.25, 0.3) is 0 Å². The normalized spacial score (nSPS) is 35.5. The molecule has 0 spiro atoms. The van der Waals surface area contributed by atoms with Crippen molar-refractivity contribution >= 4 is 0 Å². The monoisotopic (exact) mass is 239 g/mol. The lowest BCUT2D eigenvalue weighted by molar-refractivity contribution is 0.0317.